The molecule has 0 spiro atoms. The SMILES string of the molecule is N[C@@H](COC(=O)CN1C(=O)[C@@H](N[C@@H](CCc2ccccc2)C(=O)OCC(=O)O)CCc2ccccc21)C(=O)O. The van der Waals surface area contributed by atoms with E-state index in [4.69, 9.17) is 25.4 Å². The Balaban J connectivity index is 1.79. The summed E-state index contributed by atoms with van der Waals surface area (Å²) in [4.78, 5) is 62.1. The number of para-hydroxylation sites is 1. The van der Waals surface area contributed by atoms with Gasteiger partial charge in [-0.1, -0.05) is 48.5 Å². The van der Waals surface area contributed by atoms with Gasteiger partial charge in [-0.2, -0.15) is 0 Å². The molecule has 1 heterocycles. The first-order valence-electron chi connectivity index (χ1n) is 12.4. The topological polar surface area (TPSA) is 186 Å². The van der Waals surface area contributed by atoms with Crippen LogP contribution in [0.15, 0.2) is 54.6 Å². The number of carboxylic acids is 2. The fourth-order valence-corrected chi connectivity index (χ4v) is 4.16. The fourth-order valence-electron chi connectivity index (χ4n) is 4.16. The van der Waals surface area contributed by atoms with E-state index in [1.165, 1.54) is 4.90 Å². The van der Waals surface area contributed by atoms with E-state index in [0.29, 0.717) is 24.9 Å². The number of hydrogen-bond acceptors (Lipinski definition) is 9. The third-order valence-corrected chi connectivity index (χ3v) is 6.17. The average molecular weight is 542 g/mol. The van der Waals surface area contributed by atoms with Gasteiger partial charge in [-0.05, 0) is 42.9 Å². The largest absolute Gasteiger partial charge is 0.480 e. The van der Waals surface area contributed by atoms with Gasteiger partial charge in [0.2, 0.25) is 5.91 Å². The number of ether oxygens (including phenoxy) is 2. The normalized spacial score (nSPS) is 16.4. The minimum Gasteiger partial charge on any atom is -0.480 e. The second-order valence-corrected chi connectivity index (χ2v) is 9.02. The smallest absolute Gasteiger partial charge is 0.341 e. The molecule has 0 saturated heterocycles. The molecule has 1 aliphatic rings. The minimum absolute atomic E-state index is 0.230. The number of hydrogen-bond donors (Lipinski definition) is 4. The van der Waals surface area contributed by atoms with E-state index in [1.807, 2.05) is 36.4 Å². The van der Waals surface area contributed by atoms with Gasteiger partial charge in [0.15, 0.2) is 6.61 Å². The molecule has 0 aromatic heterocycles. The second kappa shape index (κ2) is 14.0. The van der Waals surface area contributed by atoms with Gasteiger partial charge < -0.3 is 25.4 Å². The van der Waals surface area contributed by atoms with Gasteiger partial charge in [-0.3, -0.25) is 29.4 Å². The monoisotopic (exact) mass is 541 g/mol. The van der Waals surface area contributed by atoms with Crippen molar-refractivity contribution in [2.24, 2.45) is 5.73 Å². The van der Waals surface area contributed by atoms with Gasteiger partial charge in [0.1, 0.15) is 25.2 Å². The van der Waals surface area contributed by atoms with Crippen LogP contribution >= 0.6 is 0 Å². The maximum absolute atomic E-state index is 13.7. The predicted octanol–water partition coefficient (Wildman–Crippen LogP) is 0.508. The first-order valence-corrected chi connectivity index (χ1v) is 12.4. The van der Waals surface area contributed by atoms with Crippen LogP contribution in [0, 0.1) is 0 Å². The molecule has 12 heteroatoms. The summed E-state index contributed by atoms with van der Waals surface area (Å²) in [6.45, 7) is -1.88. The van der Waals surface area contributed by atoms with Crippen LogP contribution in [-0.2, 0) is 46.3 Å². The number of rotatable bonds is 13. The molecular formula is C27H31N3O9. The zero-order valence-corrected chi connectivity index (χ0v) is 21.2. The molecule has 39 heavy (non-hydrogen) atoms. The predicted molar refractivity (Wildman–Crippen MR) is 138 cm³/mol. The number of carbonyl (C=O) groups is 5. The Hall–Kier alpha value is -4.29. The Bertz CT molecular complexity index is 1190. The van der Waals surface area contributed by atoms with E-state index < -0.39 is 67.7 Å². The molecule has 1 amide bonds. The van der Waals surface area contributed by atoms with Crippen LogP contribution in [0.4, 0.5) is 5.69 Å². The summed E-state index contributed by atoms with van der Waals surface area (Å²) in [5.74, 6) is -4.80. The molecule has 0 saturated carbocycles. The first-order chi connectivity index (χ1) is 18.7. The summed E-state index contributed by atoms with van der Waals surface area (Å²) in [6, 6.07) is 13.0. The van der Waals surface area contributed by atoms with E-state index >= 15 is 0 Å². The summed E-state index contributed by atoms with van der Waals surface area (Å²) in [7, 11) is 0. The highest BCUT2D eigenvalue weighted by Gasteiger charge is 2.35. The Labute approximate surface area is 224 Å². The lowest BCUT2D eigenvalue weighted by atomic mass is 10.0. The number of carboxylic acid groups (broad SMARTS) is 2. The van der Waals surface area contributed by atoms with Crippen LogP contribution in [0.2, 0.25) is 0 Å². The van der Waals surface area contributed by atoms with Crippen molar-refractivity contribution in [2.75, 3.05) is 24.7 Å². The van der Waals surface area contributed by atoms with E-state index in [2.05, 4.69) is 5.32 Å². The molecule has 1 aliphatic heterocycles. The van der Waals surface area contributed by atoms with Gasteiger partial charge in [0.05, 0.1) is 6.04 Å². The van der Waals surface area contributed by atoms with Crippen molar-refractivity contribution in [3.05, 3.63) is 65.7 Å². The standard InChI is InChI=1S/C27H31N3O9/c28-19(26(35)36)15-38-24(33)14-30-22-9-5-4-8-18(22)11-13-20(25(30)34)29-21(27(37)39-16-23(31)32)12-10-17-6-2-1-3-7-17/h1-9,19-21,29H,10-16,28H2,(H,31,32)(H,35,36)/t19-,20-,21-/m0/s1. The van der Waals surface area contributed by atoms with E-state index in [0.717, 1.165) is 11.1 Å². The molecule has 0 radical (unpaired) electrons. The first kappa shape index (κ1) is 29.3. The van der Waals surface area contributed by atoms with Crippen molar-refractivity contribution in [1.82, 2.24) is 5.32 Å². The number of amides is 1. The molecule has 5 N–H and O–H groups in total. The van der Waals surface area contributed by atoms with E-state index in [-0.39, 0.29) is 6.42 Å². The number of aliphatic carboxylic acids is 2. The zero-order chi connectivity index (χ0) is 28.4. The van der Waals surface area contributed by atoms with Gasteiger partial charge in [-0.15, -0.1) is 0 Å². The number of nitrogens with zero attached hydrogens (tertiary/aromatic N) is 1. The third kappa shape index (κ3) is 8.62. The fraction of sp³-hybridized carbons (Fsp3) is 0.370. The molecule has 2 aromatic carbocycles. The van der Waals surface area contributed by atoms with E-state index in [1.54, 1.807) is 18.2 Å². The maximum atomic E-state index is 13.7. The van der Waals surface area contributed by atoms with Crippen LogP contribution in [-0.4, -0.2) is 77.9 Å². The molecule has 3 rings (SSSR count). The molecule has 3 atom stereocenters. The minimum atomic E-state index is -1.40. The highest BCUT2D eigenvalue weighted by molar-refractivity contribution is 6.02. The van der Waals surface area contributed by atoms with Crippen LogP contribution in [0.1, 0.15) is 24.0 Å². The lowest BCUT2D eigenvalue weighted by Crippen LogP contribution is -2.53. The number of benzene rings is 2. The number of nitrogens with two attached hydrogens (primary N) is 1. The van der Waals surface area contributed by atoms with Crippen molar-refractivity contribution < 1.29 is 43.7 Å². The summed E-state index contributed by atoms with van der Waals surface area (Å²) < 4.78 is 9.91. The third-order valence-electron chi connectivity index (χ3n) is 6.17. The van der Waals surface area contributed by atoms with Gasteiger partial charge >= 0.3 is 23.9 Å². The van der Waals surface area contributed by atoms with Gasteiger partial charge in [-0.25, -0.2) is 4.79 Å². The van der Waals surface area contributed by atoms with Crippen molar-refractivity contribution in [3.8, 4) is 0 Å². The summed E-state index contributed by atoms with van der Waals surface area (Å²) in [6.07, 6.45) is 1.43. The Morgan fingerprint density at radius 3 is 2.41 bits per heavy atom. The summed E-state index contributed by atoms with van der Waals surface area (Å²) in [5.41, 5.74) is 7.62. The number of carbonyl (C=O) groups excluding carboxylic acids is 3. The van der Waals surface area contributed by atoms with Crippen molar-refractivity contribution >= 4 is 35.5 Å². The molecule has 208 valence electrons. The summed E-state index contributed by atoms with van der Waals surface area (Å²) >= 11 is 0. The highest BCUT2D eigenvalue weighted by Crippen LogP contribution is 2.27. The van der Waals surface area contributed by atoms with Crippen LogP contribution in [0.3, 0.4) is 0 Å². The number of nitrogens with one attached hydrogen (secondary N) is 1. The number of aryl methyl sites for hydroxylation is 2. The van der Waals surface area contributed by atoms with Crippen molar-refractivity contribution in [2.45, 2.75) is 43.8 Å². The maximum Gasteiger partial charge on any atom is 0.341 e. The molecule has 2 aromatic rings. The van der Waals surface area contributed by atoms with Gasteiger partial charge in [0.25, 0.3) is 0 Å². The molecular weight excluding hydrogens is 510 g/mol. The quantitative estimate of drug-likeness (QED) is 0.259. The van der Waals surface area contributed by atoms with Crippen LogP contribution in [0.5, 0.6) is 0 Å². The number of anilines is 1. The molecule has 0 unspecified atom stereocenters. The van der Waals surface area contributed by atoms with E-state index in [9.17, 15) is 24.0 Å². The van der Waals surface area contributed by atoms with Crippen LogP contribution in [0.25, 0.3) is 0 Å². The number of fused-ring (bicyclic) bond motifs is 1. The highest BCUT2D eigenvalue weighted by atomic mass is 16.6. The lowest BCUT2D eigenvalue weighted by molar-refractivity contribution is -0.157. The Morgan fingerprint density at radius 1 is 1.03 bits per heavy atom. The molecule has 0 fully saturated rings. The summed E-state index contributed by atoms with van der Waals surface area (Å²) in [5, 5.41) is 20.9. The lowest BCUT2D eigenvalue weighted by Gasteiger charge is -2.28. The van der Waals surface area contributed by atoms with Crippen LogP contribution < -0.4 is 16.0 Å². The molecule has 0 aliphatic carbocycles. The van der Waals surface area contributed by atoms with Gasteiger partial charge in [0, 0.05) is 5.69 Å². The average Bonchev–Trinajstić information content (AvgIpc) is 3.05. The Morgan fingerprint density at radius 2 is 1.72 bits per heavy atom. The zero-order valence-electron chi connectivity index (χ0n) is 21.2. The molecule has 12 nitrogen and oxygen atoms in total. The second-order valence-electron chi connectivity index (χ2n) is 9.02. The van der Waals surface area contributed by atoms with Crippen molar-refractivity contribution in [3.63, 3.8) is 0 Å². The Kier molecular flexibility index (Phi) is 10.5. The molecule has 0 bridgehead atoms. The van der Waals surface area contributed by atoms with Crippen molar-refractivity contribution in [1.29, 1.82) is 0 Å². The number of esters is 2.